The van der Waals surface area contributed by atoms with Gasteiger partial charge in [0.2, 0.25) is 0 Å². The van der Waals surface area contributed by atoms with E-state index < -0.39 is 17.5 Å². The Morgan fingerprint density at radius 2 is 2.14 bits per heavy atom. The van der Waals surface area contributed by atoms with Crippen LogP contribution < -0.4 is 16.4 Å². The molecule has 3 rings (SSSR count). The molecule has 21 heavy (non-hydrogen) atoms. The van der Waals surface area contributed by atoms with Crippen molar-refractivity contribution in [1.82, 2.24) is 4.98 Å². The molecule has 1 aromatic carbocycles. The van der Waals surface area contributed by atoms with Crippen LogP contribution in [-0.2, 0) is 0 Å². The third-order valence-electron chi connectivity index (χ3n) is 2.94. The highest BCUT2D eigenvalue weighted by molar-refractivity contribution is 7.18. The lowest BCUT2D eigenvalue weighted by Gasteiger charge is -2.05. The lowest BCUT2D eigenvalue weighted by molar-refractivity contribution is 0.103. The summed E-state index contributed by atoms with van der Waals surface area (Å²) in [4.78, 5) is 16.3. The maximum Gasteiger partial charge on any atom is 0.269 e. The van der Waals surface area contributed by atoms with Crippen LogP contribution in [0.1, 0.15) is 22.5 Å². The highest BCUT2D eigenvalue weighted by atomic mass is 32.1. The summed E-state index contributed by atoms with van der Waals surface area (Å²) in [5.41, 5.74) is 5.59. The summed E-state index contributed by atoms with van der Waals surface area (Å²) in [6.07, 6.45) is 2.14. The van der Waals surface area contributed by atoms with E-state index in [1.54, 1.807) is 0 Å². The maximum atomic E-state index is 13.5. The van der Waals surface area contributed by atoms with Crippen LogP contribution in [0.3, 0.4) is 0 Å². The average molecular weight is 310 g/mol. The van der Waals surface area contributed by atoms with Gasteiger partial charge in [-0.3, -0.25) is 4.79 Å². The first kappa shape index (κ1) is 13.7. The van der Waals surface area contributed by atoms with Crippen molar-refractivity contribution >= 4 is 33.9 Å². The Bertz CT molecular complexity index is 699. The van der Waals surface area contributed by atoms with Crippen LogP contribution in [0.5, 0.6) is 0 Å². The fraction of sp³-hybridized carbons (Fsp3) is 0.231. The van der Waals surface area contributed by atoms with Crippen LogP contribution in [-0.4, -0.2) is 16.9 Å². The van der Waals surface area contributed by atoms with Gasteiger partial charge in [-0.05, 0) is 25.0 Å². The molecule has 0 aliphatic heterocycles. The van der Waals surface area contributed by atoms with Gasteiger partial charge in [0.1, 0.15) is 22.3 Å². The number of anilines is 3. The number of nitrogens with two attached hydrogens (primary N) is 1. The number of benzene rings is 1. The minimum absolute atomic E-state index is 0.0863. The predicted molar refractivity (Wildman–Crippen MR) is 77.5 cm³/mol. The van der Waals surface area contributed by atoms with E-state index in [0.29, 0.717) is 17.2 Å². The zero-order chi connectivity index (χ0) is 15.0. The standard InChI is InChI=1S/C13H12F2N4OS/c14-6-1-4-9(8(15)5-6)18-12(20)10-11(16)19-13(21-10)17-7-2-3-7/h1,4-5,7H,2-3,16H2,(H,17,19)(H,18,20). The highest BCUT2D eigenvalue weighted by Crippen LogP contribution is 2.31. The van der Waals surface area contributed by atoms with Crippen molar-refractivity contribution in [1.29, 1.82) is 0 Å². The van der Waals surface area contributed by atoms with Crippen molar-refractivity contribution in [2.24, 2.45) is 0 Å². The molecule has 1 fully saturated rings. The lowest BCUT2D eigenvalue weighted by Crippen LogP contribution is -2.13. The Hall–Kier alpha value is -2.22. The minimum atomic E-state index is -0.845. The van der Waals surface area contributed by atoms with E-state index in [0.717, 1.165) is 36.3 Å². The van der Waals surface area contributed by atoms with Crippen LogP contribution in [0.25, 0.3) is 0 Å². The summed E-state index contributed by atoms with van der Waals surface area (Å²) >= 11 is 1.11. The SMILES string of the molecule is Nc1nc(NC2CC2)sc1C(=O)Nc1ccc(F)cc1F. The summed E-state index contributed by atoms with van der Waals surface area (Å²) < 4.78 is 26.3. The van der Waals surface area contributed by atoms with Crippen molar-refractivity contribution in [3.05, 3.63) is 34.7 Å². The maximum absolute atomic E-state index is 13.5. The molecule has 1 aliphatic rings. The van der Waals surface area contributed by atoms with Gasteiger partial charge in [0.25, 0.3) is 5.91 Å². The Morgan fingerprint density at radius 1 is 1.38 bits per heavy atom. The molecule has 1 aliphatic carbocycles. The Kier molecular flexibility index (Phi) is 3.46. The molecular weight excluding hydrogens is 298 g/mol. The first-order chi connectivity index (χ1) is 10.0. The van der Waals surface area contributed by atoms with Gasteiger partial charge in [0, 0.05) is 12.1 Å². The topological polar surface area (TPSA) is 80.0 Å². The number of nitrogen functional groups attached to an aromatic ring is 1. The van der Waals surface area contributed by atoms with Gasteiger partial charge in [0.05, 0.1) is 5.69 Å². The second-order valence-corrected chi connectivity index (χ2v) is 5.73. The Morgan fingerprint density at radius 3 is 2.81 bits per heavy atom. The number of rotatable bonds is 4. The number of nitrogens with zero attached hydrogens (tertiary/aromatic N) is 1. The molecule has 1 aromatic heterocycles. The van der Waals surface area contributed by atoms with Crippen molar-refractivity contribution in [2.45, 2.75) is 18.9 Å². The molecule has 0 unspecified atom stereocenters. The zero-order valence-corrected chi connectivity index (χ0v) is 11.6. The van der Waals surface area contributed by atoms with Gasteiger partial charge in [-0.2, -0.15) is 0 Å². The van der Waals surface area contributed by atoms with E-state index in [1.807, 2.05) is 0 Å². The van der Waals surface area contributed by atoms with Gasteiger partial charge in [-0.25, -0.2) is 13.8 Å². The molecule has 0 saturated heterocycles. The molecule has 0 atom stereocenters. The molecule has 110 valence electrons. The van der Waals surface area contributed by atoms with E-state index in [4.69, 9.17) is 5.73 Å². The normalized spacial score (nSPS) is 14.0. The van der Waals surface area contributed by atoms with E-state index in [9.17, 15) is 13.6 Å². The molecule has 2 aromatic rings. The number of amides is 1. The molecule has 8 heteroatoms. The number of carbonyl (C=O) groups excluding carboxylic acids is 1. The fourth-order valence-electron chi connectivity index (χ4n) is 1.73. The van der Waals surface area contributed by atoms with E-state index in [1.165, 1.54) is 0 Å². The number of aromatic nitrogens is 1. The zero-order valence-electron chi connectivity index (χ0n) is 10.8. The summed E-state index contributed by atoms with van der Waals surface area (Å²) in [5, 5.41) is 6.07. The van der Waals surface area contributed by atoms with Crippen LogP contribution in [0.2, 0.25) is 0 Å². The van der Waals surface area contributed by atoms with Gasteiger partial charge >= 0.3 is 0 Å². The summed E-state index contributed by atoms with van der Waals surface area (Å²) in [7, 11) is 0. The number of carbonyl (C=O) groups is 1. The molecular formula is C13H12F2N4OS. The molecule has 1 amide bonds. The first-order valence-corrected chi connectivity index (χ1v) is 7.14. The second-order valence-electron chi connectivity index (χ2n) is 4.73. The van der Waals surface area contributed by atoms with Crippen LogP contribution >= 0.6 is 11.3 Å². The molecule has 0 radical (unpaired) electrons. The first-order valence-electron chi connectivity index (χ1n) is 6.32. The highest BCUT2D eigenvalue weighted by Gasteiger charge is 2.24. The van der Waals surface area contributed by atoms with E-state index in [2.05, 4.69) is 15.6 Å². The minimum Gasteiger partial charge on any atom is -0.382 e. The summed E-state index contributed by atoms with van der Waals surface area (Å²) in [5.74, 6) is -2.04. The number of nitrogens with one attached hydrogen (secondary N) is 2. The number of hydrogen-bond donors (Lipinski definition) is 3. The molecule has 5 nitrogen and oxygen atoms in total. The van der Waals surface area contributed by atoms with Gasteiger partial charge in [0.15, 0.2) is 5.13 Å². The smallest absolute Gasteiger partial charge is 0.269 e. The predicted octanol–water partition coefficient (Wildman–Crippen LogP) is 2.83. The number of thiazole rings is 1. The largest absolute Gasteiger partial charge is 0.382 e. The molecule has 4 N–H and O–H groups in total. The summed E-state index contributed by atoms with van der Waals surface area (Å²) in [6, 6.07) is 3.31. The second kappa shape index (κ2) is 5.28. The summed E-state index contributed by atoms with van der Waals surface area (Å²) in [6.45, 7) is 0. The number of hydrogen-bond acceptors (Lipinski definition) is 5. The van der Waals surface area contributed by atoms with Gasteiger partial charge in [-0.15, -0.1) is 0 Å². The fourth-order valence-corrected chi connectivity index (χ4v) is 2.59. The molecule has 1 heterocycles. The molecule has 0 spiro atoms. The van der Waals surface area contributed by atoms with Crippen LogP contribution in [0, 0.1) is 11.6 Å². The Labute approximate surface area is 123 Å². The monoisotopic (exact) mass is 310 g/mol. The van der Waals surface area contributed by atoms with Crippen molar-refractivity contribution < 1.29 is 13.6 Å². The van der Waals surface area contributed by atoms with Crippen molar-refractivity contribution in [3.63, 3.8) is 0 Å². The Balaban J connectivity index is 1.76. The quantitative estimate of drug-likeness (QED) is 0.811. The molecule has 1 saturated carbocycles. The lowest BCUT2D eigenvalue weighted by atomic mass is 10.3. The molecule has 0 bridgehead atoms. The van der Waals surface area contributed by atoms with Crippen LogP contribution in [0.4, 0.5) is 25.4 Å². The number of halogens is 2. The van der Waals surface area contributed by atoms with E-state index in [-0.39, 0.29) is 16.4 Å². The van der Waals surface area contributed by atoms with Gasteiger partial charge in [-0.1, -0.05) is 11.3 Å². The van der Waals surface area contributed by atoms with E-state index >= 15 is 0 Å². The third-order valence-corrected chi connectivity index (χ3v) is 3.95. The van der Waals surface area contributed by atoms with Crippen molar-refractivity contribution in [2.75, 3.05) is 16.4 Å². The third kappa shape index (κ3) is 3.10. The van der Waals surface area contributed by atoms with Crippen LogP contribution in [0.15, 0.2) is 18.2 Å². The van der Waals surface area contributed by atoms with Crippen molar-refractivity contribution in [3.8, 4) is 0 Å². The average Bonchev–Trinajstić information content (AvgIpc) is 3.15. The van der Waals surface area contributed by atoms with Gasteiger partial charge < -0.3 is 16.4 Å².